The molecule has 2 aliphatic rings. The molecule has 124 valence electrons. The topological polar surface area (TPSA) is 44.8 Å². The number of aromatic nitrogens is 3. The van der Waals surface area contributed by atoms with Gasteiger partial charge in [0, 0.05) is 23.7 Å². The van der Waals surface area contributed by atoms with Gasteiger partial charge < -0.3 is 4.90 Å². The molecule has 0 unspecified atom stereocenters. The second-order valence-corrected chi connectivity index (χ2v) is 8.20. The molecule has 5 heteroatoms. The molecule has 0 amide bonds. The smallest absolute Gasteiger partial charge is 0.0970 e. The van der Waals surface area contributed by atoms with Gasteiger partial charge in [-0.05, 0) is 56.5 Å². The van der Waals surface area contributed by atoms with Crippen LogP contribution in [0.2, 0.25) is 0 Å². The molecule has 2 aromatic heterocycles. The van der Waals surface area contributed by atoms with E-state index in [9.17, 15) is 0 Å². The monoisotopic (exact) mass is 338 g/mol. The van der Waals surface area contributed by atoms with Gasteiger partial charge in [-0.1, -0.05) is 12.5 Å². The molecule has 1 aliphatic carbocycles. The molecule has 1 N–H and O–H groups in total. The van der Waals surface area contributed by atoms with Crippen LogP contribution in [0.4, 0.5) is 0 Å². The summed E-state index contributed by atoms with van der Waals surface area (Å²) in [6.45, 7) is 2.62. The van der Waals surface area contributed by atoms with Gasteiger partial charge in [0.15, 0.2) is 0 Å². The van der Waals surface area contributed by atoms with Crippen LogP contribution in [0.3, 0.4) is 0 Å². The normalized spacial score (nSPS) is 25.0. The number of likely N-dealkylation sites (tertiary alicyclic amines) is 1. The fourth-order valence-electron chi connectivity index (χ4n) is 4.08. The fraction of sp³-hybridized carbons (Fsp3) is 0.474. The van der Waals surface area contributed by atoms with Gasteiger partial charge in [-0.3, -0.25) is 5.10 Å². The van der Waals surface area contributed by atoms with E-state index in [2.05, 4.69) is 33.3 Å². The minimum atomic E-state index is 0.673. The fourth-order valence-corrected chi connectivity index (χ4v) is 5.21. The number of fused-ring (bicyclic) bond motifs is 1. The molecule has 1 saturated heterocycles. The summed E-state index contributed by atoms with van der Waals surface area (Å²) in [4.78, 5) is 7.63. The van der Waals surface area contributed by atoms with Crippen LogP contribution in [0.25, 0.3) is 21.3 Å². The number of thiazole rings is 1. The highest BCUT2D eigenvalue weighted by Gasteiger charge is 2.36. The highest BCUT2D eigenvalue weighted by Crippen LogP contribution is 2.43. The number of H-pyrrole nitrogens is 1. The van der Waals surface area contributed by atoms with Crippen molar-refractivity contribution in [1.82, 2.24) is 20.1 Å². The van der Waals surface area contributed by atoms with E-state index in [1.54, 1.807) is 0 Å². The van der Waals surface area contributed by atoms with Crippen molar-refractivity contribution in [3.05, 3.63) is 35.6 Å². The Bertz CT molecular complexity index is 826. The predicted molar refractivity (Wildman–Crippen MR) is 98.4 cm³/mol. The van der Waals surface area contributed by atoms with Crippen molar-refractivity contribution >= 4 is 21.6 Å². The van der Waals surface area contributed by atoms with Crippen LogP contribution in [0.15, 0.2) is 30.6 Å². The zero-order chi connectivity index (χ0) is 15.9. The molecule has 2 fully saturated rings. The maximum atomic E-state index is 4.91. The number of hydrogen-bond acceptors (Lipinski definition) is 4. The second-order valence-electron chi connectivity index (χ2n) is 7.14. The van der Waals surface area contributed by atoms with Crippen LogP contribution in [-0.2, 0) is 0 Å². The standard InChI is InChI=1S/C19H22N4S/c1-2-6-23(7-3-1)16-8-14(9-16)19-22-17-5-4-13(10-18(17)24-19)15-11-20-21-12-15/h4-5,10-12,14,16H,1-3,6-9H2,(H,20,21). The van der Waals surface area contributed by atoms with Crippen molar-refractivity contribution in [2.24, 2.45) is 0 Å². The summed E-state index contributed by atoms with van der Waals surface area (Å²) in [5.74, 6) is 0.673. The Kier molecular flexibility index (Phi) is 3.64. The lowest BCUT2D eigenvalue weighted by Crippen LogP contribution is -2.46. The van der Waals surface area contributed by atoms with Crippen LogP contribution in [0.5, 0.6) is 0 Å². The summed E-state index contributed by atoms with van der Waals surface area (Å²) in [7, 11) is 0. The third-order valence-corrected chi connectivity index (χ3v) is 6.79. The predicted octanol–water partition coefficient (Wildman–Crippen LogP) is 4.42. The molecular formula is C19H22N4S. The molecule has 0 radical (unpaired) electrons. The molecule has 0 atom stereocenters. The van der Waals surface area contributed by atoms with E-state index in [0.29, 0.717) is 5.92 Å². The molecule has 3 aromatic rings. The minimum absolute atomic E-state index is 0.673. The van der Waals surface area contributed by atoms with E-state index in [4.69, 9.17) is 4.98 Å². The Balaban J connectivity index is 1.33. The lowest BCUT2D eigenvalue weighted by molar-refractivity contribution is 0.0888. The molecule has 1 saturated carbocycles. The molecule has 4 nitrogen and oxygen atoms in total. The van der Waals surface area contributed by atoms with E-state index >= 15 is 0 Å². The van der Waals surface area contributed by atoms with Gasteiger partial charge >= 0.3 is 0 Å². The first kappa shape index (κ1) is 14.6. The van der Waals surface area contributed by atoms with Gasteiger partial charge in [0.25, 0.3) is 0 Å². The Morgan fingerprint density at radius 3 is 2.75 bits per heavy atom. The van der Waals surface area contributed by atoms with Crippen molar-refractivity contribution in [3.8, 4) is 11.1 Å². The Morgan fingerprint density at radius 2 is 1.96 bits per heavy atom. The zero-order valence-corrected chi connectivity index (χ0v) is 14.6. The van der Waals surface area contributed by atoms with Gasteiger partial charge in [0.05, 0.1) is 21.4 Å². The molecule has 0 bridgehead atoms. The number of piperidine rings is 1. The van der Waals surface area contributed by atoms with Gasteiger partial charge in [-0.15, -0.1) is 11.3 Å². The SMILES string of the molecule is c1cc2nc(C3CC(N4CCCCC4)C3)sc2cc1-c1cn[nH]c1. The van der Waals surface area contributed by atoms with Gasteiger partial charge in [0.2, 0.25) is 0 Å². The molecule has 1 aliphatic heterocycles. The van der Waals surface area contributed by atoms with Crippen molar-refractivity contribution in [1.29, 1.82) is 0 Å². The summed E-state index contributed by atoms with van der Waals surface area (Å²) < 4.78 is 1.30. The first-order valence-electron chi connectivity index (χ1n) is 9.00. The number of hydrogen-bond donors (Lipinski definition) is 1. The van der Waals surface area contributed by atoms with Crippen molar-refractivity contribution < 1.29 is 0 Å². The number of benzene rings is 1. The summed E-state index contributed by atoms with van der Waals surface area (Å²) in [6, 6.07) is 7.36. The zero-order valence-electron chi connectivity index (χ0n) is 13.7. The van der Waals surface area contributed by atoms with Crippen LogP contribution in [-0.4, -0.2) is 39.2 Å². The number of rotatable bonds is 3. The highest BCUT2D eigenvalue weighted by atomic mass is 32.1. The quantitative estimate of drug-likeness (QED) is 0.769. The first-order chi connectivity index (χ1) is 11.9. The lowest BCUT2D eigenvalue weighted by atomic mass is 9.79. The van der Waals surface area contributed by atoms with E-state index in [1.807, 2.05) is 23.7 Å². The van der Waals surface area contributed by atoms with E-state index in [0.717, 1.165) is 17.1 Å². The molecule has 5 rings (SSSR count). The minimum Gasteiger partial charge on any atom is -0.300 e. The molecule has 1 aromatic carbocycles. The number of aromatic amines is 1. The van der Waals surface area contributed by atoms with Gasteiger partial charge in [0.1, 0.15) is 0 Å². The van der Waals surface area contributed by atoms with Crippen molar-refractivity contribution in [2.45, 2.75) is 44.1 Å². The third kappa shape index (κ3) is 2.56. The number of nitrogens with zero attached hydrogens (tertiary/aromatic N) is 3. The molecule has 24 heavy (non-hydrogen) atoms. The van der Waals surface area contributed by atoms with Crippen molar-refractivity contribution in [3.63, 3.8) is 0 Å². The van der Waals surface area contributed by atoms with E-state index in [-0.39, 0.29) is 0 Å². The average molecular weight is 338 g/mol. The van der Waals surface area contributed by atoms with E-state index in [1.165, 1.54) is 60.5 Å². The molecule has 3 heterocycles. The summed E-state index contributed by atoms with van der Waals surface area (Å²) in [5, 5.41) is 8.27. The van der Waals surface area contributed by atoms with Gasteiger partial charge in [-0.2, -0.15) is 5.10 Å². The Labute approximate surface area is 145 Å². The third-order valence-electron chi connectivity index (χ3n) is 5.61. The average Bonchev–Trinajstić information content (AvgIpc) is 3.23. The summed E-state index contributed by atoms with van der Waals surface area (Å²) in [6.07, 6.45) is 10.6. The van der Waals surface area contributed by atoms with Crippen LogP contribution in [0.1, 0.15) is 43.0 Å². The first-order valence-corrected chi connectivity index (χ1v) is 9.82. The second kappa shape index (κ2) is 5.97. The van der Waals surface area contributed by atoms with Crippen molar-refractivity contribution in [2.75, 3.05) is 13.1 Å². The summed E-state index contributed by atoms with van der Waals surface area (Å²) >= 11 is 1.88. The van der Waals surface area contributed by atoms with Crippen LogP contribution in [0, 0.1) is 0 Å². The molecule has 0 spiro atoms. The van der Waals surface area contributed by atoms with Crippen LogP contribution < -0.4 is 0 Å². The number of nitrogens with one attached hydrogen (secondary N) is 1. The summed E-state index contributed by atoms with van der Waals surface area (Å²) in [5.41, 5.74) is 3.50. The largest absolute Gasteiger partial charge is 0.300 e. The highest BCUT2D eigenvalue weighted by molar-refractivity contribution is 7.18. The van der Waals surface area contributed by atoms with Crippen LogP contribution >= 0.6 is 11.3 Å². The Morgan fingerprint density at radius 1 is 1.08 bits per heavy atom. The Hall–Kier alpha value is -1.72. The molecular weight excluding hydrogens is 316 g/mol. The van der Waals surface area contributed by atoms with Gasteiger partial charge in [-0.25, -0.2) is 4.98 Å². The maximum absolute atomic E-state index is 4.91. The van der Waals surface area contributed by atoms with E-state index < -0.39 is 0 Å². The lowest BCUT2D eigenvalue weighted by Gasteiger charge is -2.43. The maximum Gasteiger partial charge on any atom is 0.0970 e.